The molecule has 0 heterocycles. The SMILES string of the molecule is NC(=O)c1cc(NC(=O)/C=C/c2ccc(SC(F)(F)F)cc2)ccc1Cl. The van der Waals surface area contributed by atoms with E-state index in [0.29, 0.717) is 11.3 Å². The van der Waals surface area contributed by atoms with E-state index in [2.05, 4.69) is 5.32 Å². The Balaban J connectivity index is 2.01. The lowest BCUT2D eigenvalue weighted by molar-refractivity contribution is -0.111. The van der Waals surface area contributed by atoms with E-state index in [1.54, 1.807) is 0 Å². The minimum absolute atomic E-state index is 0.0549. The maximum atomic E-state index is 12.3. The van der Waals surface area contributed by atoms with E-state index in [4.69, 9.17) is 17.3 Å². The highest BCUT2D eigenvalue weighted by Crippen LogP contribution is 2.36. The molecule has 0 bridgehead atoms. The topological polar surface area (TPSA) is 72.2 Å². The molecule has 0 aromatic heterocycles. The van der Waals surface area contributed by atoms with Gasteiger partial charge in [-0.15, -0.1) is 0 Å². The van der Waals surface area contributed by atoms with Gasteiger partial charge in [-0.25, -0.2) is 0 Å². The number of rotatable bonds is 5. The number of nitrogens with two attached hydrogens (primary N) is 1. The van der Waals surface area contributed by atoms with Crippen molar-refractivity contribution in [2.24, 2.45) is 5.73 Å². The van der Waals surface area contributed by atoms with Gasteiger partial charge in [0, 0.05) is 16.7 Å². The molecule has 9 heteroatoms. The third kappa shape index (κ3) is 6.12. The Labute approximate surface area is 156 Å². The number of hydrogen-bond donors (Lipinski definition) is 2. The quantitative estimate of drug-likeness (QED) is 0.564. The van der Waals surface area contributed by atoms with Crippen molar-refractivity contribution in [2.45, 2.75) is 10.4 Å². The van der Waals surface area contributed by atoms with Crippen LogP contribution in [0.1, 0.15) is 15.9 Å². The van der Waals surface area contributed by atoms with Gasteiger partial charge in [-0.3, -0.25) is 9.59 Å². The van der Waals surface area contributed by atoms with Crippen LogP contribution in [0.3, 0.4) is 0 Å². The first kappa shape index (κ1) is 19.9. The minimum Gasteiger partial charge on any atom is -0.366 e. The maximum absolute atomic E-state index is 12.3. The molecular weight excluding hydrogens is 389 g/mol. The molecule has 0 spiro atoms. The van der Waals surface area contributed by atoms with Gasteiger partial charge >= 0.3 is 5.51 Å². The monoisotopic (exact) mass is 400 g/mol. The second-order valence-corrected chi connectivity index (χ2v) is 6.54. The Morgan fingerprint density at radius 3 is 2.35 bits per heavy atom. The summed E-state index contributed by atoms with van der Waals surface area (Å²) >= 11 is 5.61. The third-order valence-electron chi connectivity index (χ3n) is 3.04. The van der Waals surface area contributed by atoms with Crippen LogP contribution in [0.2, 0.25) is 5.02 Å². The number of carbonyl (C=O) groups is 2. The zero-order valence-electron chi connectivity index (χ0n) is 13.0. The van der Waals surface area contributed by atoms with Crippen molar-refractivity contribution in [1.82, 2.24) is 0 Å². The van der Waals surface area contributed by atoms with Crippen molar-refractivity contribution < 1.29 is 22.8 Å². The highest BCUT2D eigenvalue weighted by Gasteiger charge is 2.28. The molecule has 0 unspecified atom stereocenters. The molecule has 0 fully saturated rings. The van der Waals surface area contributed by atoms with E-state index in [0.717, 1.165) is 0 Å². The highest BCUT2D eigenvalue weighted by molar-refractivity contribution is 8.00. The van der Waals surface area contributed by atoms with Gasteiger partial charge in [0.15, 0.2) is 0 Å². The molecule has 26 heavy (non-hydrogen) atoms. The molecule has 0 saturated carbocycles. The van der Waals surface area contributed by atoms with Crippen LogP contribution in [-0.4, -0.2) is 17.3 Å². The summed E-state index contributed by atoms with van der Waals surface area (Å²) in [6.45, 7) is 0. The van der Waals surface area contributed by atoms with Gasteiger partial charge < -0.3 is 11.1 Å². The predicted molar refractivity (Wildman–Crippen MR) is 96.0 cm³/mol. The Bertz CT molecular complexity index is 852. The average Bonchev–Trinajstić information content (AvgIpc) is 2.54. The molecule has 136 valence electrons. The lowest BCUT2D eigenvalue weighted by Crippen LogP contribution is -2.13. The molecule has 0 saturated heterocycles. The van der Waals surface area contributed by atoms with Crippen LogP contribution < -0.4 is 11.1 Å². The van der Waals surface area contributed by atoms with Gasteiger partial charge in [0.1, 0.15) is 0 Å². The number of primary amides is 1. The molecule has 3 N–H and O–H groups in total. The Morgan fingerprint density at radius 1 is 1.12 bits per heavy atom. The van der Waals surface area contributed by atoms with Crippen LogP contribution in [0.4, 0.5) is 18.9 Å². The zero-order valence-corrected chi connectivity index (χ0v) is 14.6. The van der Waals surface area contributed by atoms with Crippen molar-refractivity contribution in [1.29, 1.82) is 0 Å². The fourth-order valence-electron chi connectivity index (χ4n) is 1.93. The van der Waals surface area contributed by atoms with E-state index in [9.17, 15) is 22.8 Å². The van der Waals surface area contributed by atoms with Crippen LogP contribution in [-0.2, 0) is 4.79 Å². The second kappa shape index (κ2) is 8.29. The number of hydrogen-bond acceptors (Lipinski definition) is 3. The number of anilines is 1. The lowest BCUT2D eigenvalue weighted by Gasteiger charge is -2.06. The molecule has 2 rings (SSSR count). The second-order valence-electron chi connectivity index (χ2n) is 5.00. The van der Waals surface area contributed by atoms with Crippen molar-refractivity contribution in [2.75, 3.05) is 5.32 Å². The van der Waals surface area contributed by atoms with Crippen LogP contribution in [0, 0.1) is 0 Å². The summed E-state index contributed by atoms with van der Waals surface area (Å²) < 4.78 is 36.8. The fraction of sp³-hybridized carbons (Fsp3) is 0.0588. The van der Waals surface area contributed by atoms with Crippen molar-refractivity contribution in [3.63, 3.8) is 0 Å². The highest BCUT2D eigenvalue weighted by atomic mass is 35.5. The van der Waals surface area contributed by atoms with Crippen LogP contribution in [0.25, 0.3) is 6.08 Å². The number of carbonyl (C=O) groups excluding carboxylic acids is 2. The van der Waals surface area contributed by atoms with E-state index in [1.165, 1.54) is 54.6 Å². The summed E-state index contributed by atoms with van der Waals surface area (Å²) in [6.07, 6.45) is 2.66. The van der Waals surface area contributed by atoms with E-state index < -0.39 is 17.3 Å². The molecule has 0 aliphatic heterocycles. The van der Waals surface area contributed by atoms with Gasteiger partial charge in [-0.05, 0) is 53.7 Å². The fourth-order valence-corrected chi connectivity index (χ4v) is 2.68. The van der Waals surface area contributed by atoms with Gasteiger partial charge in [0.2, 0.25) is 11.8 Å². The summed E-state index contributed by atoms with van der Waals surface area (Å²) in [6, 6.07) is 9.83. The van der Waals surface area contributed by atoms with E-state index in [1.807, 2.05) is 0 Å². The van der Waals surface area contributed by atoms with Crippen LogP contribution in [0.5, 0.6) is 0 Å². The van der Waals surface area contributed by atoms with E-state index >= 15 is 0 Å². The number of thioether (sulfide) groups is 1. The molecule has 2 aromatic carbocycles. The van der Waals surface area contributed by atoms with E-state index in [-0.39, 0.29) is 27.2 Å². The number of amides is 2. The van der Waals surface area contributed by atoms with Crippen molar-refractivity contribution in [3.8, 4) is 0 Å². The zero-order chi connectivity index (χ0) is 19.3. The van der Waals surface area contributed by atoms with Gasteiger partial charge in [0.05, 0.1) is 10.6 Å². The number of nitrogens with one attached hydrogen (secondary N) is 1. The molecular formula is C17H12ClF3N2O2S. The van der Waals surface area contributed by atoms with Gasteiger partial charge in [-0.1, -0.05) is 23.7 Å². The van der Waals surface area contributed by atoms with Crippen LogP contribution >= 0.6 is 23.4 Å². The lowest BCUT2D eigenvalue weighted by atomic mass is 10.2. The normalized spacial score (nSPS) is 11.5. The summed E-state index contributed by atoms with van der Waals surface area (Å²) in [5.74, 6) is -1.21. The maximum Gasteiger partial charge on any atom is 0.446 e. The van der Waals surface area contributed by atoms with Gasteiger partial charge in [0.25, 0.3) is 0 Å². The van der Waals surface area contributed by atoms with Crippen molar-refractivity contribution >= 4 is 46.9 Å². The molecule has 0 aliphatic rings. The molecule has 4 nitrogen and oxygen atoms in total. The average molecular weight is 401 g/mol. The molecule has 2 aromatic rings. The largest absolute Gasteiger partial charge is 0.446 e. The summed E-state index contributed by atoms with van der Waals surface area (Å²) in [5.41, 5.74) is 1.79. The Morgan fingerprint density at radius 2 is 1.77 bits per heavy atom. The Kier molecular flexibility index (Phi) is 6.33. The minimum atomic E-state index is -4.35. The summed E-state index contributed by atoms with van der Waals surface area (Å²) in [4.78, 5) is 23.2. The molecule has 0 radical (unpaired) electrons. The predicted octanol–water partition coefficient (Wildman–Crippen LogP) is 4.70. The third-order valence-corrected chi connectivity index (χ3v) is 4.11. The number of benzene rings is 2. The molecule has 2 amide bonds. The summed E-state index contributed by atoms with van der Waals surface area (Å²) in [7, 11) is 0. The first-order chi connectivity index (χ1) is 12.1. The molecule has 0 aliphatic carbocycles. The molecule has 0 atom stereocenters. The summed E-state index contributed by atoms with van der Waals surface area (Å²) in [5, 5.41) is 2.70. The number of alkyl halides is 3. The smallest absolute Gasteiger partial charge is 0.366 e. The Hall–Kier alpha value is -2.45. The first-order valence-corrected chi connectivity index (χ1v) is 8.28. The van der Waals surface area contributed by atoms with Crippen molar-refractivity contribution in [3.05, 3.63) is 64.7 Å². The standard InChI is InChI=1S/C17H12ClF3N2O2S/c18-14-7-4-11(9-13(14)16(22)25)23-15(24)8-3-10-1-5-12(6-2-10)26-17(19,20)21/h1-9H,(H2,22,25)(H,23,24)/b8-3+. The number of halogens is 4. The first-order valence-electron chi connectivity index (χ1n) is 7.08. The van der Waals surface area contributed by atoms with Crippen LogP contribution in [0.15, 0.2) is 53.4 Å². The van der Waals surface area contributed by atoms with Gasteiger partial charge in [-0.2, -0.15) is 13.2 Å².